The minimum Gasteiger partial charge on any atom is -0.491 e. The number of ether oxygens (including phenoxy) is 1. The number of amides is 1. The van der Waals surface area contributed by atoms with Crippen molar-refractivity contribution in [1.29, 1.82) is 0 Å². The summed E-state index contributed by atoms with van der Waals surface area (Å²) in [5.74, 6) is 1.25. The van der Waals surface area contributed by atoms with Gasteiger partial charge in [-0.15, -0.1) is 0 Å². The van der Waals surface area contributed by atoms with Gasteiger partial charge in [0, 0.05) is 25.0 Å². The van der Waals surface area contributed by atoms with E-state index in [2.05, 4.69) is 10.6 Å². The Balaban J connectivity index is 1.45. The molecule has 0 aliphatic carbocycles. The lowest BCUT2D eigenvalue weighted by molar-refractivity contribution is -0.122. The Morgan fingerprint density at radius 1 is 1.32 bits per heavy atom. The summed E-state index contributed by atoms with van der Waals surface area (Å²) in [6, 6.07) is 8.63. The first-order valence-electron chi connectivity index (χ1n) is 9.47. The summed E-state index contributed by atoms with van der Waals surface area (Å²) < 4.78 is 5.65. The van der Waals surface area contributed by atoms with Crippen LogP contribution in [0.3, 0.4) is 0 Å². The number of carbonyl (C=O) groups excluding carboxylic acids is 1. The van der Waals surface area contributed by atoms with Crippen LogP contribution in [-0.4, -0.2) is 35.7 Å². The van der Waals surface area contributed by atoms with E-state index in [1.165, 1.54) is 12.8 Å². The maximum absolute atomic E-state index is 12.2. The number of aliphatic hydroxyl groups excluding tert-OH is 1. The van der Waals surface area contributed by atoms with E-state index in [9.17, 15) is 9.90 Å². The van der Waals surface area contributed by atoms with Crippen LogP contribution in [0.1, 0.15) is 57.6 Å². The number of rotatable bonds is 7. The molecule has 2 bridgehead atoms. The van der Waals surface area contributed by atoms with Crippen molar-refractivity contribution in [2.45, 2.75) is 70.2 Å². The zero-order chi connectivity index (χ0) is 17.8. The van der Waals surface area contributed by atoms with Crippen LogP contribution in [0, 0.1) is 5.92 Å². The molecule has 5 nitrogen and oxygen atoms in total. The van der Waals surface area contributed by atoms with Crippen LogP contribution >= 0.6 is 0 Å². The Morgan fingerprint density at radius 2 is 2.04 bits per heavy atom. The normalized spacial score (nSPS) is 26.5. The van der Waals surface area contributed by atoms with Gasteiger partial charge in [-0.25, -0.2) is 0 Å². The van der Waals surface area contributed by atoms with Gasteiger partial charge >= 0.3 is 0 Å². The highest BCUT2D eigenvalue weighted by Crippen LogP contribution is 2.32. The molecule has 138 valence electrons. The number of carbonyl (C=O) groups is 1. The van der Waals surface area contributed by atoms with E-state index in [-0.39, 0.29) is 18.6 Å². The second-order valence-electron chi connectivity index (χ2n) is 7.74. The van der Waals surface area contributed by atoms with Crippen molar-refractivity contribution in [2.24, 2.45) is 5.92 Å². The number of hydrogen-bond donors (Lipinski definition) is 3. The van der Waals surface area contributed by atoms with Gasteiger partial charge in [0.2, 0.25) is 5.91 Å². The van der Waals surface area contributed by atoms with Crippen LogP contribution < -0.4 is 15.4 Å². The fraction of sp³-hybridized carbons (Fsp3) is 0.650. The van der Waals surface area contributed by atoms with Crippen LogP contribution in [0.4, 0.5) is 0 Å². The molecule has 0 spiro atoms. The predicted molar refractivity (Wildman–Crippen MR) is 97.5 cm³/mol. The van der Waals surface area contributed by atoms with Crippen molar-refractivity contribution in [3.8, 4) is 5.75 Å². The zero-order valence-electron chi connectivity index (χ0n) is 15.2. The summed E-state index contributed by atoms with van der Waals surface area (Å²) in [6.07, 6.45) is 4.63. The second-order valence-corrected chi connectivity index (χ2v) is 7.74. The van der Waals surface area contributed by atoms with E-state index in [0.29, 0.717) is 24.4 Å². The average Bonchev–Trinajstić information content (AvgIpc) is 2.91. The highest BCUT2D eigenvalue weighted by molar-refractivity contribution is 5.76. The van der Waals surface area contributed by atoms with Crippen LogP contribution in [-0.2, 0) is 4.79 Å². The molecule has 3 unspecified atom stereocenters. The molecule has 1 amide bonds. The van der Waals surface area contributed by atoms with E-state index in [4.69, 9.17) is 4.74 Å². The third-order valence-electron chi connectivity index (χ3n) is 5.15. The first-order chi connectivity index (χ1) is 12.0. The van der Waals surface area contributed by atoms with Gasteiger partial charge in [-0.1, -0.05) is 12.1 Å². The molecule has 3 rings (SSSR count). The SMILES string of the molecule is CC(C)Oc1cccc(C(O)CNC(=O)CC2CC3CCC(C2)N3)c1. The summed E-state index contributed by atoms with van der Waals surface area (Å²) in [5, 5.41) is 16.8. The molecular formula is C20H30N2O3. The first-order valence-corrected chi connectivity index (χ1v) is 9.47. The number of aliphatic hydroxyl groups is 1. The Labute approximate surface area is 150 Å². The molecule has 2 fully saturated rings. The molecule has 0 saturated carbocycles. The summed E-state index contributed by atoms with van der Waals surface area (Å²) in [7, 11) is 0. The van der Waals surface area contributed by atoms with Gasteiger partial charge in [-0.2, -0.15) is 0 Å². The lowest BCUT2D eigenvalue weighted by Crippen LogP contribution is -2.40. The van der Waals surface area contributed by atoms with Crippen molar-refractivity contribution in [3.05, 3.63) is 29.8 Å². The Bertz CT molecular complexity index is 578. The van der Waals surface area contributed by atoms with Crippen molar-refractivity contribution < 1.29 is 14.6 Å². The fourth-order valence-electron chi connectivity index (χ4n) is 4.07. The molecule has 1 aromatic carbocycles. The molecule has 5 heteroatoms. The molecule has 2 heterocycles. The topological polar surface area (TPSA) is 70.6 Å². The van der Waals surface area contributed by atoms with Gasteiger partial charge in [0.15, 0.2) is 0 Å². The molecule has 3 N–H and O–H groups in total. The van der Waals surface area contributed by atoms with Crippen molar-refractivity contribution >= 4 is 5.91 Å². The average molecular weight is 346 g/mol. The van der Waals surface area contributed by atoms with E-state index >= 15 is 0 Å². The molecule has 0 aromatic heterocycles. The standard InChI is InChI=1S/C20H30N2O3/c1-13(2)25-18-5-3-4-15(11-18)19(23)12-21-20(24)10-14-8-16-6-7-17(9-14)22-16/h3-5,11,13-14,16-17,19,22-23H,6-10,12H2,1-2H3,(H,21,24). The quantitative estimate of drug-likeness (QED) is 0.710. The number of fused-ring (bicyclic) bond motifs is 2. The van der Waals surface area contributed by atoms with Crippen LogP contribution in [0.25, 0.3) is 0 Å². The third kappa shape index (κ3) is 5.19. The van der Waals surface area contributed by atoms with Gasteiger partial charge in [0.1, 0.15) is 5.75 Å². The Kier molecular flexibility index (Phi) is 5.97. The lowest BCUT2D eigenvalue weighted by Gasteiger charge is -2.28. The molecule has 3 atom stereocenters. The van der Waals surface area contributed by atoms with Gasteiger partial charge in [0.25, 0.3) is 0 Å². The number of benzene rings is 1. The van der Waals surface area contributed by atoms with E-state index in [0.717, 1.165) is 24.2 Å². The van der Waals surface area contributed by atoms with Gasteiger partial charge < -0.3 is 20.5 Å². The molecule has 0 radical (unpaired) electrons. The smallest absolute Gasteiger partial charge is 0.220 e. The number of nitrogens with one attached hydrogen (secondary N) is 2. The molecule has 2 aliphatic rings. The van der Waals surface area contributed by atoms with E-state index < -0.39 is 6.10 Å². The van der Waals surface area contributed by atoms with Crippen molar-refractivity contribution in [2.75, 3.05) is 6.54 Å². The van der Waals surface area contributed by atoms with Crippen LogP contribution in [0.2, 0.25) is 0 Å². The van der Waals surface area contributed by atoms with Crippen molar-refractivity contribution in [1.82, 2.24) is 10.6 Å². The van der Waals surface area contributed by atoms with Gasteiger partial charge in [-0.05, 0) is 63.1 Å². The molecule has 25 heavy (non-hydrogen) atoms. The number of piperidine rings is 1. The predicted octanol–water partition coefficient (Wildman–Crippen LogP) is 2.54. The highest BCUT2D eigenvalue weighted by atomic mass is 16.5. The Hall–Kier alpha value is -1.59. The molecule has 1 aromatic rings. The maximum atomic E-state index is 12.2. The largest absolute Gasteiger partial charge is 0.491 e. The van der Waals surface area contributed by atoms with Crippen molar-refractivity contribution in [3.63, 3.8) is 0 Å². The summed E-state index contributed by atoms with van der Waals surface area (Å²) >= 11 is 0. The summed E-state index contributed by atoms with van der Waals surface area (Å²) in [5.41, 5.74) is 0.762. The summed E-state index contributed by atoms with van der Waals surface area (Å²) in [4.78, 5) is 12.2. The minimum atomic E-state index is -0.719. The van der Waals surface area contributed by atoms with E-state index in [1.54, 1.807) is 0 Å². The summed E-state index contributed by atoms with van der Waals surface area (Å²) in [6.45, 7) is 4.17. The second kappa shape index (κ2) is 8.19. The lowest BCUT2D eigenvalue weighted by atomic mass is 9.89. The van der Waals surface area contributed by atoms with Crippen LogP contribution in [0.5, 0.6) is 5.75 Å². The minimum absolute atomic E-state index is 0.0416. The third-order valence-corrected chi connectivity index (χ3v) is 5.15. The highest BCUT2D eigenvalue weighted by Gasteiger charge is 2.34. The monoisotopic (exact) mass is 346 g/mol. The zero-order valence-corrected chi connectivity index (χ0v) is 15.2. The molecule has 2 saturated heterocycles. The maximum Gasteiger partial charge on any atom is 0.220 e. The van der Waals surface area contributed by atoms with E-state index in [1.807, 2.05) is 38.1 Å². The number of hydrogen-bond acceptors (Lipinski definition) is 4. The van der Waals surface area contributed by atoms with Gasteiger partial charge in [-0.3, -0.25) is 4.79 Å². The molecule has 2 aliphatic heterocycles. The fourth-order valence-corrected chi connectivity index (χ4v) is 4.07. The van der Waals surface area contributed by atoms with Gasteiger partial charge in [0.05, 0.1) is 12.2 Å². The molecular weight excluding hydrogens is 316 g/mol. The Morgan fingerprint density at radius 3 is 2.72 bits per heavy atom. The van der Waals surface area contributed by atoms with Crippen LogP contribution in [0.15, 0.2) is 24.3 Å². The first kappa shape index (κ1) is 18.2.